The van der Waals surface area contributed by atoms with E-state index in [0.29, 0.717) is 11.3 Å². The minimum absolute atomic E-state index is 0.149. The van der Waals surface area contributed by atoms with Crippen molar-refractivity contribution in [1.82, 2.24) is 0 Å². The van der Waals surface area contributed by atoms with Gasteiger partial charge < -0.3 is 9.85 Å². The Morgan fingerprint density at radius 1 is 1.20 bits per heavy atom. The van der Waals surface area contributed by atoms with Crippen molar-refractivity contribution in [3.63, 3.8) is 0 Å². The lowest BCUT2D eigenvalue weighted by Gasteiger charge is -2.45. The van der Waals surface area contributed by atoms with E-state index in [1.165, 1.54) is 0 Å². The number of benzene rings is 1. The molecule has 3 rings (SSSR count). The predicted molar refractivity (Wildman–Crippen MR) is 77.6 cm³/mol. The first kappa shape index (κ1) is 14.0. The van der Waals surface area contributed by atoms with Crippen molar-refractivity contribution in [1.29, 1.82) is 0 Å². The van der Waals surface area contributed by atoms with Gasteiger partial charge in [-0.05, 0) is 31.9 Å². The van der Waals surface area contributed by atoms with Crippen molar-refractivity contribution in [3.05, 3.63) is 35.5 Å². The van der Waals surface area contributed by atoms with Crippen LogP contribution in [0.3, 0.4) is 0 Å². The summed E-state index contributed by atoms with van der Waals surface area (Å²) in [5, 5.41) is 12.3. The largest absolute Gasteiger partial charge is 0.633 e. The fourth-order valence-corrected chi connectivity index (χ4v) is 5.81. The van der Waals surface area contributed by atoms with Crippen LogP contribution in [-0.2, 0) is 9.84 Å². The third kappa shape index (κ3) is 2.08. The highest BCUT2D eigenvalue weighted by molar-refractivity contribution is 7.92. The summed E-state index contributed by atoms with van der Waals surface area (Å²) in [4.78, 5) is 0.352. The highest BCUT2D eigenvalue weighted by atomic mass is 32.2. The Hall–Kier alpha value is -0.910. The van der Waals surface area contributed by atoms with Gasteiger partial charge in [-0.1, -0.05) is 18.2 Å². The molecule has 0 amide bonds. The van der Waals surface area contributed by atoms with E-state index >= 15 is 0 Å². The molecular weight excluding hydrogens is 274 g/mol. The standard InChI is InChI=1S/C15H21NO3S/c1-11-10-14(15(12-8-9-12)16(11,2)17)20(18,19)13-6-4-3-5-7-13/h3-7,11-12,14-15H,8-10H2,1-2H3/t11-,14-,15-,16-/m0/s1. The van der Waals surface area contributed by atoms with Crippen LogP contribution in [0.2, 0.25) is 0 Å². The van der Waals surface area contributed by atoms with Gasteiger partial charge in [-0.25, -0.2) is 8.42 Å². The second-order valence-corrected chi connectivity index (χ2v) is 8.54. The third-order valence-corrected chi connectivity index (χ3v) is 7.19. The lowest BCUT2D eigenvalue weighted by atomic mass is 10.1. The van der Waals surface area contributed by atoms with Gasteiger partial charge in [0.2, 0.25) is 0 Å². The van der Waals surface area contributed by atoms with Crippen molar-refractivity contribution < 1.29 is 13.1 Å². The molecule has 1 aliphatic carbocycles. The third-order valence-electron chi connectivity index (χ3n) is 5.00. The zero-order chi connectivity index (χ0) is 14.5. The Morgan fingerprint density at radius 3 is 2.35 bits per heavy atom. The molecule has 0 bridgehead atoms. The molecule has 0 radical (unpaired) electrons. The molecular formula is C15H21NO3S. The molecule has 1 aromatic carbocycles. The highest BCUT2D eigenvalue weighted by Gasteiger charge is 2.57. The smallest absolute Gasteiger partial charge is 0.187 e. The molecule has 2 fully saturated rings. The molecule has 110 valence electrons. The van der Waals surface area contributed by atoms with Crippen molar-refractivity contribution in [2.45, 2.75) is 48.4 Å². The molecule has 0 aromatic heterocycles. The van der Waals surface area contributed by atoms with Gasteiger partial charge in [0.15, 0.2) is 9.84 Å². The second kappa shape index (κ2) is 4.55. The van der Waals surface area contributed by atoms with Crippen molar-refractivity contribution in [3.8, 4) is 0 Å². The maximum atomic E-state index is 12.9. The van der Waals surface area contributed by atoms with Gasteiger partial charge in [0.05, 0.1) is 18.0 Å². The van der Waals surface area contributed by atoms with Crippen LogP contribution in [-0.4, -0.2) is 37.4 Å². The minimum Gasteiger partial charge on any atom is -0.633 e. The first-order chi connectivity index (χ1) is 9.35. The molecule has 0 N–H and O–H groups in total. The SMILES string of the molecule is C[C@H]1C[C@H](S(=O)(=O)c2ccccc2)[C@H](C2CC2)[N@@+]1(C)[O-]. The first-order valence-corrected chi connectivity index (χ1v) is 8.75. The summed E-state index contributed by atoms with van der Waals surface area (Å²) in [6.45, 7) is 1.88. The number of hydroxylamine groups is 3. The summed E-state index contributed by atoms with van der Waals surface area (Å²) in [5.41, 5.74) is 0. The normalized spacial score (nSPS) is 38.0. The number of rotatable bonds is 3. The molecule has 1 saturated heterocycles. The van der Waals surface area contributed by atoms with Crippen LogP contribution in [0.5, 0.6) is 0 Å². The fourth-order valence-electron chi connectivity index (χ4n) is 3.56. The van der Waals surface area contributed by atoms with Crippen LogP contribution < -0.4 is 0 Å². The van der Waals surface area contributed by atoms with Crippen molar-refractivity contribution >= 4 is 9.84 Å². The number of quaternary nitrogens is 1. The van der Waals surface area contributed by atoms with E-state index in [1.807, 2.05) is 13.0 Å². The Bertz CT molecular complexity index is 593. The average Bonchev–Trinajstić information content (AvgIpc) is 3.19. The van der Waals surface area contributed by atoms with Crippen LogP contribution in [0.4, 0.5) is 0 Å². The Kier molecular flexibility index (Phi) is 3.19. The van der Waals surface area contributed by atoms with Gasteiger partial charge in [-0.15, -0.1) is 0 Å². The molecule has 1 aliphatic heterocycles. The maximum Gasteiger partial charge on any atom is 0.187 e. The highest BCUT2D eigenvalue weighted by Crippen LogP contribution is 2.48. The van der Waals surface area contributed by atoms with Gasteiger partial charge in [-0.2, -0.15) is 0 Å². The van der Waals surface area contributed by atoms with E-state index in [4.69, 9.17) is 0 Å². The zero-order valence-corrected chi connectivity index (χ0v) is 12.7. The van der Waals surface area contributed by atoms with Gasteiger partial charge >= 0.3 is 0 Å². The van der Waals surface area contributed by atoms with E-state index in [1.54, 1.807) is 31.3 Å². The lowest BCUT2D eigenvalue weighted by Crippen LogP contribution is -2.51. The number of sulfone groups is 1. The number of hydrogen-bond acceptors (Lipinski definition) is 3. The van der Waals surface area contributed by atoms with E-state index in [2.05, 4.69) is 0 Å². The Morgan fingerprint density at radius 2 is 1.80 bits per heavy atom. The van der Waals surface area contributed by atoms with Crippen molar-refractivity contribution in [2.75, 3.05) is 7.05 Å². The number of likely N-dealkylation sites (tertiary alicyclic amines) is 1. The van der Waals surface area contributed by atoms with Crippen LogP contribution in [0.15, 0.2) is 35.2 Å². The molecule has 5 heteroatoms. The molecule has 1 saturated carbocycles. The van der Waals surface area contributed by atoms with Crippen LogP contribution >= 0.6 is 0 Å². The molecule has 4 nitrogen and oxygen atoms in total. The Balaban J connectivity index is 2.01. The van der Waals surface area contributed by atoms with Crippen LogP contribution in [0, 0.1) is 11.1 Å². The monoisotopic (exact) mass is 295 g/mol. The topological polar surface area (TPSA) is 57.2 Å². The summed E-state index contributed by atoms with van der Waals surface area (Å²) in [6.07, 6.45) is 2.46. The number of nitrogens with zero attached hydrogens (tertiary/aromatic N) is 1. The minimum atomic E-state index is -3.41. The van der Waals surface area contributed by atoms with Crippen LogP contribution in [0.25, 0.3) is 0 Å². The second-order valence-electron chi connectivity index (χ2n) is 6.37. The van der Waals surface area contributed by atoms with E-state index in [9.17, 15) is 13.6 Å². The maximum absolute atomic E-state index is 12.9. The van der Waals surface area contributed by atoms with E-state index in [0.717, 1.165) is 12.8 Å². The molecule has 0 unspecified atom stereocenters. The van der Waals surface area contributed by atoms with Gasteiger partial charge in [0.1, 0.15) is 11.3 Å². The van der Waals surface area contributed by atoms with Crippen LogP contribution in [0.1, 0.15) is 26.2 Å². The summed E-state index contributed by atoms with van der Waals surface area (Å²) < 4.78 is 25.3. The molecule has 2 aliphatic rings. The van der Waals surface area contributed by atoms with E-state index < -0.39 is 19.7 Å². The first-order valence-electron chi connectivity index (χ1n) is 7.21. The Labute approximate surface area is 120 Å². The predicted octanol–water partition coefficient (Wildman–Crippen LogP) is 2.34. The van der Waals surface area contributed by atoms with Gasteiger partial charge in [0, 0.05) is 12.3 Å². The summed E-state index contributed by atoms with van der Waals surface area (Å²) in [7, 11) is -1.77. The zero-order valence-electron chi connectivity index (χ0n) is 11.9. The summed E-state index contributed by atoms with van der Waals surface area (Å²) in [5.74, 6) is 0.283. The molecule has 0 spiro atoms. The molecule has 1 aromatic rings. The molecule has 1 heterocycles. The fraction of sp³-hybridized carbons (Fsp3) is 0.600. The number of hydrogen-bond donors (Lipinski definition) is 0. The molecule has 20 heavy (non-hydrogen) atoms. The molecule has 4 atom stereocenters. The van der Waals surface area contributed by atoms with E-state index in [-0.39, 0.29) is 18.0 Å². The van der Waals surface area contributed by atoms with Gasteiger partial charge in [-0.3, -0.25) is 0 Å². The quantitative estimate of drug-likeness (QED) is 0.635. The summed E-state index contributed by atoms with van der Waals surface area (Å²) >= 11 is 0. The lowest BCUT2D eigenvalue weighted by molar-refractivity contribution is -0.896. The summed E-state index contributed by atoms with van der Waals surface area (Å²) in [6, 6.07) is 8.11. The van der Waals surface area contributed by atoms with Gasteiger partial charge in [0.25, 0.3) is 0 Å². The van der Waals surface area contributed by atoms with Crippen molar-refractivity contribution in [2.24, 2.45) is 5.92 Å². The average molecular weight is 295 g/mol.